The van der Waals surface area contributed by atoms with Gasteiger partial charge in [-0.1, -0.05) is 36.5 Å². The smallest absolute Gasteiger partial charge is 0.0624 e. The molecule has 0 aromatic heterocycles. The van der Waals surface area contributed by atoms with E-state index in [-0.39, 0.29) is 0 Å². The molecule has 0 fully saturated rings. The Morgan fingerprint density at radius 2 is 1.57 bits per heavy atom. The van der Waals surface area contributed by atoms with Gasteiger partial charge in [-0.15, -0.1) is 0 Å². The van der Waals surface area contributed by atoms with Crippen molar-refractivity contribution in [1.82, 2.24) is 0 Å². The van der Waals surface area contributed by atoms with Crippen molar-refractivity contribution in [2.75, 3.05) is 0 Å². The monoisotopic (exact) mass is 189 g/mol. The Morgan fingerprint density at radius 3 is 2.21 bits per heavy atom. The van der Waals surface area contributed by atoms with Gasteiger partial charge < -0.3 is 0 Å². The highest BCUT2D eigenvalue weighted by Crippen LogP contribution is 1.97. The lowest BCUT2D eigenvalue weighted by atomic mass is 10.2. The largest absolute Gasteiger partial charge is 0.198 e. The molecule has 1 heteroatoms. The van der Waals surface area contributed by atoms with E-state index in [1.807, 2.05) is 6.92 Å². The zero-order valence-corrected chi connectivity index (χ0v) is 8.95. The predicted molar refractivity (Wildman–Crippen MR) is 61.8 cm³/mol. The standard InChI is InChI=1S/C13H19N/c1-2-3-4-5-6-7-8-9-10-11-12-13-14/h2-3,5-6,9-10H,4,7-8,11-12H2,1H3/b3-2+,6-5+,10-9+. The van der Waals surface area contributed by atoms with Crippen LogP contribution in [0, 0.1) is 11.3 Å². The summed E-state index contributed by atoms with van der Waals surface area (Å²) in [6.45, 7) is 2.03. The zero-order valence-electron chi connectivity index (χ0n) is 8.95. The molecule has 0 aliphatic carbocycles. The predicted octanol–water partition coefficient (Wildman–Crippen LogP) is 4.15. The van der Waals surface area contributed by atoms with E-state index < -0.39 is 0 Å². The molecule has 0 aromatic carbocycles. The number of nitriles is 1. The summed E-state index contributed by atoms with van der Waals surface area (Å²) in [6, 6.07) is 2.12. The van der Waals surface area contributed by atoms with E-state index in [0.29, 0.717) is 6.42 Å². The first kappa shape index (κ1) is 12.7. The Morgan fingerprint density at radius 1 is 0.929 bits per heavy atom. The third kappa shape index (κ3) is 10.7. The molecule has 0 rings (SSSR count). The quantitative estimate of drug-likeness (QED) is 0.436. The van der Waals surface area contributed by atoms with Gasteiger partial charge in [-0.05, 0) is 32.6 Å². The van der Waals surface area contributed by atoms with Crippen LogP contribution in [0.15, 0.2) is 36.5 Å². The fraction of sp³-hybridized carbons (Fsp3) is 0.462. The molecule has 76 valence electrons. The van der Waals surface area contributed by atoms with Gasteiger partial charge in [-0.25, -0.2) is 0 Å². The Hall–Kier alpha value is -1.29. The first-order valence-electron chi connectivity index (χ1n) is 5.20. The molecule has 1 nitrogen and oxygen atoms in total. The first-order valence-corrected chi connectivity index (χ1v) is 5.20. The van der Waals surface area contributed by atoms with Crippen molar-refractivity contribution in [1.29, 1.82) is 5.26 Å². The van der Waals surface area contributed by atoms with E-state index in [2.05, 4.69) is 42.5 Å². The van der Waals surface area contributed by atoms with Crippen LogP contribution in [-0.4, -0.2) is 0 Å². The lowest BCUT2D eigenvalue weighted by Crippen LogP contribution is -1.67. The van der Waals surface area contributed by atoms with Gasteiger partial charge in [0, 0.05) is 6.42 Å². The van der Waals surface area contributed by atoms with Crippen LogP contribution in [0.5, 0.6) is 0 Å². The van der Waals surface area contributed by atoms with Crippen molar-refractivity contribution < 1.29 is 0 Å². The number of hydrogen-bond donors (Lipinski definition) is 0. The number of allylic oxidation sites excluding steroid dienone is 6. The van der Waals surface area contributed by atoms with E-state index in [4.69, 9.17) is 5.26 Å². The molecule has 0 heterocycles. The summed E-state index contributed by atoms with van der Waals surface area (Å²) in [4.78, 5) is 0. The fourth-order valence-electron chi connectivity index (χ4n) is 1.00. The van der Waals surface area contributed by atoms with E-state index in [1.54, 1.807) is 0 Å². The summed E-state index contributed by atoms with van der Waals surface area (Å²) >= 11 is 0. The van der Waals surface area contributed by atoms with Crippen molar-refractivity contribution in [2.24, 2.45) is 0 Å². The van der Waals surface area contributed by atoms with E-state index in [9.17, 15) is 0 Å². The highest BCUT2D eigenvalue weighted by molar-refractivity contribution is 4.93. The summed E-state index contributed by atoms with van der Waals surface area (Å²) in [5, 5.41) is 8.29. The SMILES string of the molecule is C/C=C/C/C=C/CC/C=C/CCC#N. The molecule has 0 N–H and O–H groups in total. The molecule has 14 heavy (non-hydrogen) atoms. The molecular weight excluding hydrogens is 170 g/mol. The van der Waals surface area contributed by atoms with E-state index in [0.717, 1.165) is 25.7 Å². The summed E-state index contributed by atoms with van der Waals surface area (Å²) in [5.41, 5.74) is 0. The van der Waals surface area contributed by atoms with Crippen LogP contribution in [0.2, 0.25) is 0 Å². The van der Waals surface area contributed by atoms with Gasteiger partial charge in [0.25, 0.3) is 0 Å². The Balaban J connectivity index is 3.24. The van der Waals surface area contributed by atoms with Crippen molar-refractivity contribution >= 4 is 0 Å². The third-order valence-electron chi connectivity index (χ3n) is 1.76. The summed E-state index contributed by atoms with van der Waals surface area (Å²) in [6.07, 6.45) is 17.6. The Labute approximate surface area is 87.4 Å². The van der Waals surface area contributed by atoms with Crippen LogP contribution >= 0.6 is 0 Å². The molecule has 0 aliphatic heterocycles. The van der Waals surface area contributed by atoms with Gasteiger partial charge in [0.1, 0.15) is 0 Å². The molecule has 0 spiro atoms. The van der Waals surface area contributed by atoms with E-state index in [1.165, 1.54) is 0 Å². The first-order chi connectivity index (χ1) is 6.91. The van der Waals surface area contributed by atoms with E-state index >= 15 is 0 Å². The maximum atomic E-state index is 8.29. The number of rotatable bonds is 7. The minimum Gasteiger partial charge on any atom is -0.198 e. The molecule has 0 bridgehead atoms. The summed E-state index contributed by atoms with van der Waals surface area (Å²) in [5.74, 6) is 0. The van der Waals surface area contributed by atoms with Crippen LogP contribution in [0.3, 0.4) is 0 Å². The second-order valence-corrected chi connectivity index (χ2v) is 3.02. The summed E-state index contributed by atoms with van der Waals surface area (Å²) < 4.78 is 0. The highest BCUT2D eigenvalue weighted by Gasteiger charge is 1.78. The lowest BCUT2D eigenvalue weighted by Gasteiger charge is -1.86. The molecule has 0 saturated heterocycles. The summed E-state index contributed by atoms with van der Waals surface area (Å²) in [7, 11) is 0. The topological polar surface area (TPSA) is 23.8 Å². The second kappa shape index (κ2) is 11.7. The van der Waals surface area contributed by atoms with Crippen molar-refractivity contribution in [3.63, 3.8) is 0 Å². The Kier molecular flexibility index (Phi) is 10.6. The lowest BCUT2D eigenvalue weighted by molar-refractivity contribution is 1.01. The molecule has 0 aromatic rings. The average molecular weight is 189 g/mol. The molecule has 0 aliphatic rings. The molecular formula is C13H19N. The zero-order chi connectivity index (χ0) is 10.5. The van der Waals surface area contributed by atoms with Crippen LogP contribution in [0.4, 0.5) is 0 Å². The molecule has 0 radical (unpaired) electrons. The van der Waals surface area contributed by atoms with Crippen LogP contribution in [0.25, 0.3) is 0 Å². The maximum absolute atomic E-state index is 8.29. The van der Waals surface area contributed by atoms with Gasteiger partial charge in [-0.3, -0.25) is 0 Å². The molecule has 0 unspecified atom stereocenters. The Bertz CT molecular complexity index is 228. The normalized spacial score (nSPS) is 11.7. The highest BCUT2D eigenvalue weighted by atomic mass is 14.2. The van der Waals surface area contributed by atoms with Gasteiger partial charge in [0.05, 0.1) is 6.07 Å². The number of unbranched alkanes of at least 4 members (excludes halogenated alkanes) is 2. The fourth-order valence-corrected chi connectivity index (χ4v) is 1.00. The van der Waals surface area contributed by atoms with Gasteiger partial charge >= 0.3 is 0 Å². The molecule has 0 amide bonds. The minimum absolute atomic E-state index is 0.633. The van der Waals surface area contributed by atoms with Gasteiger partial charge in [-0.2, -0.15) is 5.26 Å². The maximum Gasteiger partial charge on any atom is 0.0624 e. The van der Waals surface area contributed by atoms with Gasteiger partial charge in [0.15, 0.2) is 0 Å². The van der Waals surface area contributed by atoms with Crippen molar-refractivity contribution in [3.8, 4) is 6.07 Å². The number of hydrogen-bond acceptors (Lipinski definition) is 1. The third-order valence-corrected chi connectivity index (χ3v) is 1.76. The van der Waals surface area contributed by atoms with Crippen molar-refractivity contribution in [2.45, 2.75) is 39.0 Å². The van der Waals surface area contributed by atoms with Crippen LogP contribution < -0.4 is 0 Å². The second-order valence-electron chi connectivity index (χ2n) is 3.02. The molecule has 0 atom stereocenters. The molecule has 0 saturated carbocycles. The van der Waals surface area contributed by atoms with Crippen LogP contribution in [0.1, 0.15) is 39.0 Å². The minimum atomic E-state index is 0.633. The average Bonchev–Trinajstić information content (AvgIpc) is 2.21. The van der Waals surface area contributed by atoms with Crippen molar-refractivity contribution in [3.05, 3.63) is 36.5 Å². The number of nitrogens with zero attached hydrogens (tertiary/aromatic N) is 1. The van der Waals surface area contributed by atoms with Gasteiger partial charge in [0.2, 0.25) is 0 Å². The van der Waals surface area contributed by atoms with Crippen LogP contribution in [-0.2, 0) is 0 Å².